The predicted octanol–water partition coefficient (Wildman–Crippen LogP) is 5.28. The molecule has 10 nitrogen and oxygen atoms in total. The summed E-state index contributed by atoms with van der Waals surface area (Å²) in [6, 6.07) is 28.0. The van der Waals surface area contributed by atoms with Crippen LogP contribution in [0.4, 0.5) is 5.82 Å². The molecule has 0 bridgehead atoms. The Morgan fingerprint density at radius 1 is 0.927 bits per heavy atom. The number of aromatic nitrogens is 3. The van der Waals surface area contributed by atoms with E-state index in [-0.39, 0.29) is 12.6 Å². The highest BCUT2D eigenvalue weighted by Crippen LogP contribution is 2.34. The summed E-state index contributed by atoms with van der Waals surface area (Å²) in [5.74, 6) is 7.57. The first-order chi connectivity index (χ1) is 26.7. The second-order valence-corrected chi connectivity index (χ2v) is 17.1. The number of aryl methyl sites for hydroxylation is 1. The van der Waals surface area contributed by atoms with Crippen LogP contribution >= 0.6 is 11.6 Å². The molecular weight excluding hydrogens is 730 g/mol. The van der Waals surface area contributed by atoms with Crippen molar-refractivity contribution in [1.29, 1.82) is 0 Å². The zero-order valence-electron chi connectivity index (χ0n) is 31.0. The van der Waals surface area contributed by atoms with Crippen molar-refractivity contribution < 1.29 is 13.5 Å². The number of anilines is 1. The minimum absolute atomic E-state index is 0.0113. The van der Waals surface area contributed by atoms with Crippen molar-refractivity contribution in [3.8, 4) is 23.1 Å². The van der Waals surface area contributed by atoms with E-state index in [4.69, 9.17) is 16.7 Å². The van der Waals surface area contributed by atoms with Crippen molar-refractivity contribution in [3.05, 3.63) is 135 Å². The SMILES string of the molecule is CS(=O)(=O)N1CCc2c(c(-c3ccc(Cl)c(C#Cc4ccc(CN[C@@H]5Cc6ccccc6[C@@H]5O)cc4)c3)nn2CCCN2CCN(c3ccccn3)CC2)C1. The lowest BCUT2D eigenvalue weighted by molar-refractivity contribution is 0.141. The van der Waals surface area contributed by atoms with Gasteiger partial charge >= 0.3 is 0 Å². The van der Waals surface area contributed by atoms with Crippen LogP contribution < -0.4 is 10.2 Å². The van der Waals surface area contributed by atoms with Gasteiger partial charge in [0.1, 0.15) is 5.82 Å². The number of hydrogen-bond acceptors (Lipinski definition) is 8. The van der Waals surface area contributed by atoms with Gasteiger partial charge in [-0.25, -0.2) is 13.4 Å². The molecule has 12 heteroatoms. The number of sulfonamides is 1. The van der Waals surface area contributed by atoms with Gasteiger partial charge in [-0.1, -0.05) is 72.0 Å². The Morgan fingerprint density at radius 2 is 1.73 bits per heavy atom. The number of halogens is 1. The van der Waals surface area contributed by atoms with Gasteiger partial charge in [-0.3, -0.25) is 9.58 Å². The Bertz CT molecular complexity index is 2310. The molecule has 0 radical (unpaired) electrons. The highest BCUT2D eigenvalue weighted by atomic mass is 35.5. The third-order valence-corrected chi connectivity index (χ3v) is 12.6. The largest absolute Gasteiger partial charge is 0.387 e. The third-order valence-electron chi connectivity index (χ3n) is 11.1. The summed E-state index contributed by atoms with van der Waals surface area (Å²) in [5, 5.41) is 19.9. The smallest absolute Gasteiger partial charge is 0.211 e. The van der Waals surface area contributed by atoms with E-state index < -0.39 is 16.1 Å². The van der Waals surface area contributed by atoms with Gasteiger partial charge in [-0.05, 0) is 65.9 Å². The van der Waals surface area contributed by atoms with Crippen LogP contribution in [0.3, 0.4) is 0 Å². The van der Waals surface area contributed by atoms with Crippen molar-refractivity contribution in [1.82, 2.24) is 29.3 Å². The number of benzene rings is 3. The summed E-state index contributed by atoms with van der Waals surface area (Å²) < 4.78 is 28.9. The van der Waals surface area contributed by atoms with Gasteiger partial charge in [-0.15, -0.1) is 0 Å². The number of fused-ring (bicyclic) bond motifs is 2. The first-order valence-electron chi connectivity index (χ1n) is 19.0. The second-order valence-electron chi connectivity index (χ2n) is 14.7. The Balaban J connectivity index is 0.944. The topological polar surface area (TPSA) is 107 Å². The summed E-state index contributed by atoms with van der Waals surface area (Å²) >= 11 is 6.69. The molecule has 0 saturated carbocycles. The molecule has 2 atom stereocenters. The highest BCUT2D eigenvalue weighted by molar-refractivity contribution is 7.88. The molecule has 0 unspecified atom stereocenters. The van der Waals surface area contributed by atoms with Crippen LogP contribution in [0.1, 0.15) is 51.6 Å². The van der Waals surface area contributed by atoms with Gasteiger partial charge in [0.15, 0.2) is 0 Å². The lowest BCUT2D eigenvalue weighted by Gasteiger charge is -2.35. The second kappa shape index (κ2) is 16.3. The fourth-order valence-electron chi connectivity index (χ4n) is 7.97. The van der Waals surface area contributed by atoms with Crippen molar-refractivity contribution in [3.63, 3.8) is 0 Å². The molecule has 1 fully saturated rings. The monoisotopic (exact) mass is 775 g/mol. The molecule has 3 aromatic carbocycles. The first-order valence-corrected chi connectivity index (χ1v) is 21.2. The minimum atomic E-state index is -3.37. The van der Waals surface area contributed by atoms with E-state index in [1.807, 2.05) is 66.9 Å². The van der Waals surface area contributed by atoms with Gasteiger partial charge in [0, 0.05) is 106 Å². The molecule has 2 aliphatic heterocycles. The van der Waals surface area contributed by atoms with E-state index in [1.165, 1.54) is 16.1 Å². The van der Waals surface area contributed by atoms with Crippen LogP contribution in [0.15, 0.2) is 91.1 Å². The zero-order chi connectivity index (χ0) is 37.9. The lowest BCUT2D eigenvalue weighted by Crippen LogP contribution is -2.47. The fourth-order valence-corrected chi connectivity index (χ4v) is 8.92. The standard InChI is InChI=1S/C43H46ClN7O3S/c1-55(53,54)50-22-18-40-37(30-50)42(47-51(40)21-6-20-48-23-25-49(26-24-48)41-9-4-5-19-45-41)35-16-17-38(44)34(27-35)15-14-31-10-12-32(13-11-31)29-46-39-28-33-7-2-3-8-36(33)43(39)52/h2-5,7-13,16-17,19,27,39,43,46,52H,6,18,20-26,28-30H2,1H3/t39-,43+/m1/s1. The molecule has 5 aromatic rings. The average Bonchev–Trinajstić information content (AvgIpc) is 3.74. The number of aliphatic hydroxyl groups excluding tert-OH is 1. The molecule has 1 aliphatic carbocycles. The van der Waals surface area contributed by atoms with E-state index in [2.05, 4.69) is 60.9 Å². The number of piperazine rings is 1. The summed E-state index contributed by atoms with van der Waals surface area (Å²) in [4.78, 5) is 9.34. The van der Waals surface area contributed by atoms with E-state index in [0.717, 1.165) is 97.1 Å². The van der Waals surface area contributed by atoms with Gasteiger partial charge in [0.2, 0.25) is 10.0 Å². The summed E-state index contributed by atoms with van der Waals surface area (Å²) in [5.41, 5.74) is 8.55. The Hall–Kier alpha value is -4.54. The Labute approximate surface area is 328 Å². The van der Waals surface area contributed by atoms with Crippen molar-refractivity contribution in [2.24, 2.45) is 0 Å². The number of rotatable bonds is 10. The van der Waals surface area contributed by atoms with Gasteiger partial charge in [0.05, 0.1) is 23.1 Å². The average molecular weight is 776 g/mol. The van der Waals surface area contributed by atoms with E-state index >= 15 is 0 Å². The van der Waals surface area contributed by atoms with Gasteiger partial charge in [-0.2, -0.15) is 9.40 Å². The molecule has 1 saturated heterocycles. The maximum atomic E-state index is 12.6. The first kappa shape index (κ1) is 37.4. The number of nitrogens with one attached hydrogen (secondary N) is 1. The molecule has 8 rings (SSSR count). The number of hydrogen-bond donors (Lipinski definition) is 2. The van der Waals surface area contributed by atoms with Crippen LogP contribution in [0.25, 0.3) is 11.3 Å². The van der Waals surface area contributed by atoms with Gasteiger partial charge < -0.3 is 15.3 Å². The van der Waals surface area contributed by atoms with Crippen LogP contribution in [-0.4, -0.2) is 89.1 Å². The summed E-state index contributed by atoms with van der Waals surface area (Å²) in [6.07, 6.45) is 4.97. The lowest BCUT2D eigenvalue weighted by atomic mass is 10.0. The molecule has 0 amide bonds. The number of nitrogens with zero attached hydrogens (tertiary/aromatic N) is 6. The molecule has 284 valence electrons. The highest BCUT2D eigenvalue weighted by Gasteiger charge is 2.31. The van der Waals surface area contributed by atoms with Crippen LogP contribution in [-0.2, 0) is 42.5 Å². The normalized spacial score (nSPS) is 18.8. The van der Waals surface area contributed by atoms with Crippen molar-refractivity contribution in [2.45, 2.75) is 51.0 Å². The molecule has 4 heterocycles. The van der Waals surface area contributed by atoms with Crippen LogP contribution in [0.2, 0.25) is 5.02 Å². The molecule has 0 spiro atoms. The Morgan fingerprint density at radius 3 is 2.49 bits per heavy atom. The maximum absolute atomic E-state index is 12.6. The molecular formula is C43H46ClN7O3S. The van der Waals surface area contributed by atoms with Crippen LogP contribution in [0, 0.1) is 11.8 Å². The van der Waals surface area contributed by atoms with E-state index in [1.54, 1.807) is 0 Å². The number of pyridine rings is 1. The molecule has 55 heavy (non-hydrogen) atoms. The molecule has 2 aromatic heterocycles. The Kier molecular flexibility index (Phi) is 11.1. The minimum Gasteiger partial charge on any atom is -0.387 e. The van der Waals surface area contributed by atoms with Crippen molar-refractivity contribution >= 4 is 27.4 Å². The van der Waals surface area contributed by atoms with Crippen LogP contribution in [0.5, 0.6) is 0 Å². The summed E-state index contributed by atoms with van der Waals surface area (Å²) in [6.45, 7) is 6.96. The molecule has 2 N–H and O–H groups in total. The number of aliphatic hydroxyl groups is 1. The quantitative estimate of drug-likeness (QED) is 0.185. The van der Waals surface area contributed by atoms with E-state index in [0.29, 0.717) is 30.1 Å². The van der Waals surface area contributed by atoms with Crippen molar-refractivity contribution in [2.75, 3.05) is 50.4 Å². The third kappa shape index (κ3) is 8.50. The zero-order valence-corrected chi connectivity index (χ0v) is 32.6. The van der Waals surface area contributed by atoms with E-state index in [9.17, 15) is 13.5 Å². The fraction of sp³-hybridized carbons (Fsp3) is 0.349. The molecule has 3 aliphatic rings. The van der Waals surface area contributed by atoms with Gasteiger partial charge in [0.25, 0.3) is 0 Å². The maximum Gasteiger partial charge on any atom is 0.211 e. The predicted molar refractivity (Wildman–Crippen MR) is 217 cm³/mol. The summed E-state index contributed by atoms with van der Waals surface area (Å²) in [7, 11) is -3.37.